The zero-order valence-electron chi connectivity index (χ0n) is 16.5. The Balaban J connectivity index is 1.57. The Bertz CT molecular complexity index is 615. The molecule has 0 radical (unpaired) electrons. The molecule has 2 aliphatic heterocycles. The lowest BCUT2D eigenvalue weighted by molar-refractivity contribution is -0.0165. The van der Waals surface area contributed by atoms with Gasteiger partial charge in [-0.25, -0.2) is 9.67 Å². The van der Waals surface area contributed by atoms with Crippen LogP contribution in [0.5, 0.6) is 0 Å². The zero-order chi connectivity index (χ0) is 18.5. The van der Waals surface area contributed by atoms with Gasteiger partial charge in [-0.3, -0.25) is 9.89 Å². The number of hydrogen-bond acceptors (Lipinski definition) is 5. The quantitative estimate of drug-likeness (QED) is 0.588. The van der Waals surface area contributed by atoms with E-state index in [1.165, 1.54) is 0 Å². The van der Waals surface area contributed by atoms with E-state index in [1.54, 1.807) is 0 Å². The monoisotopic (exact) mass is 363 g/mol. The Morgan fingerprint density at radius 1 is 1.46 bits per heavy atom. The molecule has 26 heavy (non-hydrogen) atoms. The third kappa shape index (κ3) is 4.73. The van der Waals surface area contributed by atoms with Gasteiger partial charge in [-0.05, 0) is 34.1 Å². The van der Waals surface area contributed by atoms with Crippen molar-refractivity contribution in [1.29, 1.82) is 0 Å². The number of guanidine groups is 1. The normalized spacial score (nSPS) is 25.6. The first-order valence-electron chi connectivity index (χ1n) is 9.85. The van der Waals surface area contributed by atoms with E-state index in [4.69, 9.17) is 9.73 Å². The molecule has 3 rings (SSSR count). The van der Waals surface area contributed by atoms with Crippen molar-refractivity contribution in [3.63, 3.8) is 0 Å². The maximum absolute atomic E-state index is 5.54. The second-order valence-corrected chi connectivity index (χ2v) is 7.37. The minimum absolute atomic E-state index is 0.332. The maximum atomic E-state index is 5.54. The molecule has 0 bridgehead atoms. The van der Waals surface area contributed by atoms with Crippen molar-refractivity contribution < 1.29 is 4.74 Å². The van der Waals surface area contributed by atoms with E-state index < -0.39 is 0 Å². The molecule has 3 unspecified atom stereocenters. The highest BCUT2D eigenvalue weighted by Gasteiger charge is 2.24. The average molecular weight is 364 g/mol. The Morgan fingerprint density at radius 2 is 2.31 bits per heavy atom. The van der Waals surface area contributed by atoms with Gasteiger partial charge < -0.3 is 15.4 Å². The molecule has 1 fully saturated rings. The van der Waals surface area contributed by atoms with Gasteiger partial charge in [0.15, 0.2) is 5.96 Å². The molecule has 0 aliphatic carbocycles. The molecule has 8 heteroatoms. The molecule has 0 spiro atoms. The number of fused-ring (bicyclic) bond motifs is 1. The fraction of sp³-hybridized carbons (Fsp3) is 0.833. The van der Waals surface area contributed by atoms with E-state index in [0.717, 1.165) is 69.8 Å². The van der Waals surface area contributed by atoms with E-state index in [1.807, 2.05) is 11.6 Å². The SMILES string of the molecule is CCNC(=NCC(C)N1CCOCC1C)NC1CCc2nc(C)nn2C1. The lowest BCUT2D eigenvalue weighted by Gasteiger charge is -2.37. The van der Waals surface area contributed by atoms with E-state index >= 15 is 0 Å². The standard InChI is InChI=1S/C18H33N7O/c1-5-19-18(20-10-13(2)24-8-9-26-12-14(24)3)22-16-6-7-17-21-15(4)23-25(17)11-16/h13-14,16H,5-12H2,1-4H3,(H2,19,20,22). The molecule has 1 aromatic rings. The zero-order valence-corrected chi connectivity index (χ0v) is 16.5. The molecular weight excluding hydrogens is 330 g/mol. The van der Waals surface area contributed by atoms with Crippen LogP contribution in [0.2, 0.25) is 0 Å². The van der Waals surface area contributed by atoms with Crippen LogP contribution in [0.1, 0.15) is 38.8 Å². The molecule has 3 atom stereocenters. The van der Waals surface area contributed by atoms with Crippen LogP contribution in [-0.4, -0.2) is 76.6 Å². The number of rotatable bonds is 5. The van der Waals surface area contributed by atoms with Crippen molar-refractivity contribution in [2.45, 2.75) is 65.2 Å². The number of aromatic nitrogens is 3. The molecule has 0 amide bonds. The first-order chi connectivity index (χ1) is 12.6. The summed E-state index contributed by atoms with van der Waals surface area (Å²) in [6.07, 6.45) is 2.01. The topological polar surface area (TPSA) is 79.6 Å². The molecule has 8 nitrogen and oxygen atoms in total. The summed E-state index contributed by atoms with van der Waals surface area (Å²) in [6, 6.07) is 1.19. The van der Waals surface area contributed by atoms with Gasteiger partial charge in [0.1, 0.15) is 11.6 Å². The number of ether oxygens (including phenoxy) is 1. The second kappa shape index (κ2) is 8.81. The number of aryl methyl sites for hydroxylation is 2. The van der Waals surface area contributed by atoms with Crippen LogP contribution in [0.4, 0.5) is 0 Å². The van der Waals surface area contributed by atoms with E-state index in [9.17, 15) is 0 Å². The lowest BCUT2D eigenvalue weighted by Crippen LogP contribution is -2.50. The number of morpholine rings is 1. The maximum Gasteiger partial charge on any atom is 0.191 e. The summed E-state index contributed by atoms with van der Waals surface area (Å²) in [4.78, 5) is 11.8. The van der Waals surface area contributed by atoms with Crippen LogP contribution in [0.15, 0.2) is 4.99 Å². The van der Waals surface area contributed by atoms with Crippen LogP contribution in [-0.2, 0) is 17.7 Å². The largest absolute Gasteiger partial charge is 0.379 e. The molecule has 1 saturated heterocycles. The van der Waals surface area contributed by atoms with Crippen LogP contribution in [0.25, 0.3) is 0 Å². The Hall–Kier alpha value is -1.67. The molecule has 146 valence electrons. The smallest absolute Gasteiger partial charge is 0.191 e. The highest BCUT2D eigenvalue weighted by molar-refractivity contribution is 5.80. The van der Waals surface area contributed by atoms with E-state index in [0.29, 0.717) is 18.1 Å². The molecule has 0 aromatic carbocycles. The van der Waals surface area contributed by atoms with Gasteiger partial charge in [-0.1, -0.05) is 0 Å². The summed E-state index contributed by atoms with van der Waals surface area (Å²) in [6.45, 7) is 13.6. The third-order valence-corrected chi connectivity index (χ3v) is 5.15. The van der Waals surface area contributed by atoms with Crippen molar-refractivity contribution in [2.75, 3.05) is 32.8 Å². The number of nitrogens with zero attached hydrogens (tertiary/aromatic N) is 5. The number of hydrogen-bond donors (Lipinski definition) is 2. The Kier molecular flexibility index (Phi) is 6.48. The lowest BCUT2D eigenvalue weighted by atomic mass is 10.1. The summed E-state index contributed by atoms with van der Waals surface area (Å²) in [5, 5.41) is 11.4. The molecule has 2 N–H and O–H groups in total. The average Bonchev–Trinajstić information content (AvgIpc) is 2.99. The van der Waals surface area contributed by atoms with Crippen molar-refractivity contribution in [2.24, 2.45) is 4.99 Å². The van der Waals surface area contributed by atoms with Crippen LogP contribution >= 0.6 is 0 Å². The summed E-state index contributed by atoms with van der Waals surface area (Å²) < 4.78 is 7.57. The van der Waals surface area contributed by atoms with Crippen LogP contribution in [0.3, 0.4) is 0 Å². The Labute approximate surface area is 156 Å². The molecule has 2 aliphatic rings. The minimum Gasteiger partial charge on any atom is -0.379 e. The fourth-order valence-corrected chi connectivity index (χ4v) is 3.79. The predicted octanol–water partition coefficient (Wildman–Crippen LogP) is 0.566. The predicted molar refractivity (Wildman–Crippen MR) is 102 cm³/mol. The van der Waals surface area contributed by atoms with Crippen molar-refractivity contribution in [3.05, 3.63) is 11.6 Å². The first kappa shape index (κ1) is 19.1. The number of nitrogens with one attached hydrogen (secondary N) is 2. The molecule has 1 aromatic heterocycles. The van der Waals surface area contributed by atoms with Crippen molar-refractivity contribution in [3.8, 4) is 0 Å². The van der Waals surface area contributed by atoms with Gasteiger partial charge >= 0.3 is 0 Å². The van der Waals surface area contributed by atoms with Gasteiger partial charge in [-0.15, -0.1) is 0 Å². The summed E-state index contributed by atoms with van der Waals surface area (Å²) >= 11 is 0. The van der Waals surface area contributed by atoms with E-state index in [-0.39, 0.29) is 0 Å². The highest BCUT2D eigenvalue weighted by atomic mass is 16.5. The van der Waals surface area contributed by atoms with Crippen molar-refractivity contribution in [1.82, 2.24) is 30.3 Å². The fourth-order valence-electron chi connectivity index (χ4n) is 3.79. The van der Waals surface area contributed by atoms with Gasteiger partial charge in [0.05, 0.1) is 26.3 Å². The molecular formula is C18H33N7O. The summed E-state index contributed by atoms with van der Waals surface area (Å²) in [5.41, 5.74) is 0. The van der Waals surface area contributed by atoms with Crippen molar-refractivity contribution >= 4 is 5.96 Å². The van der Waals surface area contributed by atoms with Gasteiger partial charge in [0, 0.05) is 37.6 Å². The summed E-state index contributed by atoms with van der Waals surface area (Å²) in [5.74, 6) is 2.85. The van der Waals surface area contributed by atoms with Crippen LogP contribution in [0, 0.1) is 6.92 Å². The minimum atomic E-state index is 0.332. The van der Waals surface area contributed by atoms with Gasteiger partial charge in [0.25, 0.3) is 0 Å². The Morgan fingerprint density at radius 3 is 3.08 bits per heavy atom. The molecule has 0 saturated carbocycles. The highest BCUT2D eigenvalue weighted by Crippen LogP contribution is 2.13. The summed E-state index contributed by atoms with van der Waals surface area (Å²) in [7, 11) is 0. The van der Waals surface area contributed by atoms with Crippen LogP contribution < -0.4 is 10.6 Å². The molecule has 3 heterocycles. The first-order valence-corrected chi connectivity index (χ1v) is 9.85. The second-order valence-electron chi connectivity index (χ2n) is 7.37. The third-order valence-electron chi connectivity index (χ3n) is 5.15. The van der Waals surface area contributed by atoms with Gasteiger partial charge in [0.2, 0.25) is 0 Å². The van der Waals surface area contributed by atoms with Gasteiger partial charge in [-0.2, -0.15) is 5.10 Å². The van der Waals surface area contributed by atoms with E-state index in [2.05, 4.69) is 46.4 Å². The number of aliphatic imine (C=N–C) groups is 1.